The summed E-state index contributed by atoms with van der Waals surface area (Å²) in [5.41, 5.74) is 0.541. The molecule has 0 amide bonds. The Balaban J connectivity index is 2.20. The highest BCUT2D eigenvalue weighted by Gasteiger charge is 2.17. The molecule has 0 bridgehead atoms. The molecule has 8 heteroatoms. The van der Waals surface area contributed by atoms with E-state index in [0.29, 0.717) is 16.9 Å². The van der Waals surface area contributed by atoms with Gasteiger partial charge in [0.1, 0.15) is 5.82 Å². The molecular formula is C15H16FNO4S2. The Morgan fingerprint density at radius 1 is 1.43 bits per heavy atom. The second kappa shape index (κ2) is 7.67. The highest BCUT2D eigenvalue weighted by Crippen LogP contribution is 2.25. The molecule has 1 N–H and O–H groups in total. The summed E-state index contributed by atoms with van der Waals surface area (Å²) in [6.07, 6.45) is 6.70. The quantitative estimate of drug-likeness (QED) is 0.468. The first-order valence-electron chi connectivity index (χ1n) is 6.73. The lowest BCUT2D eigenvalue weighted by molar-refractivity contribution is 0.338. The van der Waals surface area contributed by atoms with Crippen LogP contribution >= 0.6 is 11.3 Å². The number of methoxy groups -OCH3 is 1. The van der Waals surface area contributed by atoms with E-state index in [-0.39, 0.29) is 5.82 Å². The second-order valence-corrected chi connectivity index (χ2v) is 7.49. The number of hydrogen-bond donors (Lipinski definition) is 1. The molecule has 0 radical (unpaired) electrons. The predicted molar refractivity (Wildman–Crippen MR) is 88.5 cm³/mol. The first kappa shape index (κ1) is 17.6. The van der Waals surface area contributed by atoms with Crippen LogP contribution in [0.3, 0.4) is 0 Å². The smallest absolute Gasteiger partial charge is 0.265 e. The Kier molecular flexibility index (Phi) is 5.86. The first-order chi connectivity index (χ1) is 10.9. The van der Waals surface area contributed by atoms with Gasteiger partial charge >= 0.3 is 0 Å². The molecule has 1 unspecified atom stereocenters. The van der Waals surface area contributed by atoms with Crippen molar-refractivity contribution in [2.45, 2.75) is 6.42 Å². The zero-order valence-electron chi connectivity index (χ0n) is 12.3. The maximum Gasteiger partial charge on any atom is 0.265 e. The first-order valence-corrected chi connectivity index (χ1v) is 9.16. The van der Waals surface area contributed by atoms with Crippen molar-refractivity contribution in [2.24, 2.45) is 5.92 Å². The third-order valence-corrected chi connectivity index (χ3v) is 4.87. The Labute approximate surface area is 137 Å². The number of allylic oxidation sites excluding steroid dienone is 3. The highest BCUT2D eigenvalue weighted by atomic mass is 32.2. The van der Waals surface area contributed by atoms with Crippen LogP contribution in [0.2, 0.25) is 0 Å². The average molecular weight is 357 g/mol. The van der Waals surface area contributed by atoms with Gasteiger partial charge in [0.15, 0.2) is 0 Å². The monoisotopic (exact) mass is 357 g/mol. The van der Waals surface area contributed by atoms with Gasteiger partial charge in [0.05, 0.1) is 34.3 Å². The van der Waals surface area contributed by atoms with Gasteiger partial charge in [-0.25, -0.2) is 9.37 Å². The van der Waals surface area contributed by atoms with E-state index in [1.54, 1.807) is 24.3 Å². The van der Waals surface area contributed by atoms with E-state index < -0.39 is 21.8 Å². The Bertz CT molecular complexity index is 827. The number of hydrogen-bond acceptors (Lipinski definition) is 5. The van der Waals surface area contributed by atoms with Crippen LogP contribution in [0.15, 0.2) is 42.7 Å². The van der Waals surface area contributed by atoms with E-state index in [9.17, 15) is 12.8 Å². The van der Waals surface area contributed by atoms with Gasteiger partial charge in [-0.1, -0.05) is 12.2 Å². The average Bonchev–Trinajstić information content (AvgIpc) is 2.83. The number of aromatic nitrogens is 1. The molecule has 1 aromatic heterocycles. The van der Waals surface area contributed by atoms with Crippen molar-refractivity contribution in [1.29, 1.82) is 0 Å². The third-order valence-electron chi connectivity index (χ3n) is 2.96. The molecule has 124 valence electrons. The van der Waals surface area contributed by atoms with E-state index in [1.807, 2.05) is 0 Å². The van der Waals surface area contributed by atoms with Crippen LogP contribution in [0, 0.1) is 11.7 Å². The summed E-state index contributed by atoms with van der Waals surface area (Å²) in [6, 6.07) is 4.33. The summed E-state index contributed by atoms with van der Waals surface area (Å²) < 4.78 is 50.1. The molecule has 0 aliphatic carbocycles. The topological polar surface area (TPSA) is 76.5 Å². The van der Waals surface area contributed by atoms with E-state index in [4.69, 9.17) is 9.29 Å². The van der Waals surface area contributed by atoms with Crippen molar-refractivity contribution >= 4 is 31.7 Å². The Hall–Kier alpha value is -1.77. The summed E-state index contributed by atoms with van der Waals surface area (Å²) in [5.74, 6) is -1.22. The van der Waals surface area contributed by atoms with Gasteiger partial charge in [0.2, 0.25) is 0 Å². The fraction of sp³-hybridized carbons (Fsp3) is 0.267. The van der Waals surface area contributed by atoms with Gasteiger partial charge in [-0.05, 0) is 24.1 Å². The molecule has 23 heavy (non-hydrogen) atoms. The van der Waals surface area contributed by atoms with Crippen molar-refractivity contribution in [3.05, 3.63) is 53.5 Å². The summed E-state index contributed by atoms with van der Waals surface area (Å²) in [7, 11) is -2.61. The Morgan fingerprint density at radius 3 is 2.91 bits per heavy atom. The molecule has 1 heterocycles. The van der Waals surface area contributed by atoms with E-state index >= 15 is 0 Å². The van der Waals surface area contributed by atoms with Gasteiger partial charge in [0.25, 0.3) is 10.1 Å². The number of fused-ring (bicyclic) bond motifs is 1. The predicted octanol–water partition coefficient (Wildman–Crippen LogP) is 3.20. The SMILES string of the molecule is COC=CC=CC(Cc1nc2cc(F)ccc2s1)CS(=O)(=O)O. The molecular weight excluding hydrogens is 341 g/mol. The van der Waals surface area contributed by atoms with Crippen LogP contribution in [0.5, 0.6) is 0 Å². The summed E-state index contributed by atoms with van der Waals surface area (Å²) >= 11 is 1.37. The normalized spacial score (nSPS) is 14.0. The molecule has 0 aliphatic heterocycles. The van der Waals surface area contributed by atoms with Gasteiger partial charge < -0.3 is 4.74 Å². The van der Waals surface area contributed by atoms with Gasteiger partial charge in [-0.3, -0.25) is 4.55 Å². The van der Waals surface area contributed by atoms with Crippen molar-refractivity contribution < 1.29 is 22.1 Å². The van der Waals surface area contributed by atoms with Crippen LogP contribution in [0.1, 0.15) is 5.01 Å². The van der Waals surface area contributed by atoms with Crippen LogP contribution in [0.4, 0.5) is 4.39 Å². The lowest BCUT2D eigenvalue weighted by atomic mass is 10.1. The zero-order chi connectivity index (χ0) is 16.9. The molecule has 1 atom stereocenters. The minimum absolute atomic E-state index is 0.331. The van der Waals surface area contributed by atoms with E-state index in [1.165, 1.54) is 36.8 Å². The van der Waals surface area contributed by atoms with Crippen molar-refractivity contribution in [2.75, 3.05) is 12.9 Å². The zero-order valence-corrected chi connectivity index (χ0v) is 14.0. The van der Waals surface area contributed by atoms with Crippen molar-refractivity contribution in [1.82, 2.24) is 4.98 Å². The van der Waals surface area contributed by atoms with Crippen LogP contribution < -0.4 is 0 Å². The summed E-state index contributed by atoms with van der Waals surface area (Å²) in [4.78, 5) is 4.31. The standard InChI is InChI=1S/C15H16FNO4S2/c1-21-7-3-2-4-11(10-23(18,19)20)8-15-17-13-9-12(16)5-6-14(13)22-15/h2-7,9,11H,8,10H2,1H3,(H,18,19,20). The van der Waals surface area contributed by atoms with Gasteiger partial charge in [-0.15, -0.1) is 11.3 Å². The van der Waals surface area contributed by atoms with E-state index in [2.05, 4.69) is 4.98 Å². The van der Waals surface area contributed by atoms with Gasteiger partial charge in [0, 0.05) is 12.5 Å². The fourth-order valence-electron chi connectivity index (χ4n) is 2.06. The molecule has 5 nitrogen and oxygen atoms in total. The Morgan fingerprint density at radius 2 is 2.22 bits per heavy atom. The number of ether oxygens (including phenoxy) is 1. The molecule has 0 saturated carbocycles. The molecule has 0 spiro atoms. The largest absolute Gasteiger partial charge is 0.504 e. The lowest BCUT2D eigenvalue weighted by Gasteiger charge is -2.08. The van der Waals surface area contributed by atoms with Gasteiger partial charge in [-0.2, -0.15) is 8.42 Å². The van der Waals surface area contributed by atoms with Crippen LogP contribution in [-0.2, 0) is 21.3 Å². The number of halogens is 1. The molecule has 2 rings (SSSR count). The molecule has 0 aliphatic rings. The summed E-state index contributed by atoms with van der Waals surface area (Å²) in [6.45, 7) is 0. The number of rotatable bonds is 7. The third kappa shape index (κ3) is 5.74. The fourth-order valence-corrected chi connectivity index (χ4v) is 3.87. The minimum atomic E-state index is -4.11. The highest BCUT2D eigenvalue weighted by molar-refractivity contribution is 7.85. The maximum absolute atomic E-state index is 13.2. The van der Waals surface area contributed by atoms with Crippen LogP contribution in [-0.4, -0.2) is 30.8 Å². The number of thiazole rings is 1. The molecule has 0 fully saturated rings. The molecule has 0 saturated heterocycles. The summed E-state index contributed by atoms with van der Waals surface area (Å²) in [5, 5.41) is 0.680. The number of nitrogens with zero attached hydrogens (tertiary/aromatic N) is 1. The van der Waals surface area contributed by atoms with Crippen molar-refractivity contribution in [3.8, 4) is 0 Å². The maximum atomic E-state index is 13.2. The minimum Gasteiger partial charge on any atom is -0.504 e. The molecule has 2 aromatic rings. The van der Waals surface area contributed by atoms with Crippen molar-refractivity contribution in [3.63, 3.8) is 0 Å². The van der Waals surface area contributed by atoms with E-state index in [0.717, 1.165) is 4.70 Å². The lowest BCUT2D eigenvalue weighted by Crippen LogP contribution is -2.15. The second-order valence-electron chi connectivity index (χ2n) is 4.88. The van der Waals surface area contributed by atoms with Crippen LogP contribution in [0.25, 0.3) is 10.2 Å². The number of benzene rings is 1. The molecule has 1 aromatic carbocycles.